The lowest BCUT2D eigenvalue weighted by atomic mass is 9.90. The number of thiazole rings is 4. The molecule has 0 radical (unpaired) electrons. The van der Waals surface area contributed by atoms with Crippen LogP contribution >= 0.6 is 45.3 Å². The fourth-order valence-corrected chi connectivity index (χ4v) is 18.8. The average molecular weight is 1950 g/mol. The third kappa shape index (κ3) is 16.4. The summed E-state index contributed by atoms with van der Waals surface area (Å²) in [4.78, 5) is 58.9. The van der Waals surface area contributed by atoms with E-state index >= 15 is 17.6 Å². The number of nitrogens with zero attached hydrogens (tertiary/aromatic N) is 24. The van der Waals surface area contributed by atoms with Crippen LogP contribution in [0.15, 0.2) is 163 Å². The molecule has 0 spiro atoms. The molecule has 28 nitrogen and oxygen atoms in total. The van der Waals surface area contributed by atoms with Crippen LogP contribution in [0.4, 0.5) is 43.9 Å². The summed E-state index contributed by atoms with van der Waals surface area (Å²) in [6.45, 7) is 61.4. The highest BCUT2D eigenvalue weighted by Crippen LogP contribution is 2.48. The summed E-state index contributed by atoms with van der Waals surface area (Å²) in [6.07, 6.45) is -9.29. The first-order valence-corrected chi connectivity index (χ1v) is 42.8. The summed E-state index contributed by atoms with van der Waals surface area (Å²) in [5, 5.41) is 75.6. The molecule has 8 heterocycles. The van der Waals surface area contributed by atoms with Crippen molar-refractivity contribution in [1.29, 1.82) is 42.1 Å². The van der Waals surface area contributed by atoms with Gasteiger partial charge in [-0.3, -0.25) is 0 Å². The molecule has 0 aliphatic carbocycles. The fraction of sp³-hybridized carbons (Fsp3) is 0.0400. The van der Waals surface area contributed by atoms with Crippen molar-refractivity contribution in [2.24, 2.45) is 0 Å². The van der Waals surface area contributed by atoms with E-state index in [0.717, 1.165) is 88.5 Å². The van der Waals surface area contributed by atoms with E-state index in [0.29, 0.717) is 65.3 Å². The number of rotatable bonds is 4. The zero-order chi connectivity index (χ0) is 101. The first-order valence-electron chi connectivity index (χ1n) is 39.5. The predicted molar refractivity (Wildman–Crippen MR) is 502 cm³/mol. The number of fused-ring (bicyclic) bond motifs is 12. The van der Waals surface area contributed by atoms with Crippen LogP contribution in [0, 0.1) is 180 Å². The summed E-state index contributed by atoms with van der Waals surface area (Å²) in [5.74, 6) is -6.72. The van der Waals surface area contributed by atoms with Crippen LogP contribution in [-0.2, 0) is 12.4 Å². The molecule has 142 heavy (non-hydrogen) atoms. The van der Waals surface area contributed by atoms with E-state index in [1.54, 1.807) is 12.1 Å². The monoisotopic (exact) mass is 1950 g/mol. The largest absolute Gasteiger partial charge is 0.582 e. The first-order chi connectivity index (χ1) is 68.3. The van der Waals surface area contributed by atoms with E-state index in [9.17, 15) is 47.4 Å². The van der Waals surface area contributed by atoms with Gasteiger partial charge < -0.3 is 17.7 Å². The molecule has 0 N–H and O–H groups in total. The molecule has 0 atom stereocenters. The Morgan fingerprint density at radius 1 is 0.303 bits per heavy atom. The van der Waals surface area contributed by atoms with Crippen molar-refractivity contribution in [1.82, 2.24) is 39.9 Å². The minimum Gasteiger partial charge on any atom is -0.440 e. The third-order valence-electron chi connectivity index (χ3n) is 21.4. The minimum atomic E-state index is -4.64. The standard InChI is InChI=1S/C32H10F6N6O2.C32H16N6O2.C18F4N6S2.C18H4N6S2/c1-41-28(42-2)30-44-23-12-21-20(25(27(23)46-30)16-5-9-19(10-6-16)32(36,37)38)11-22-26(45-29(43-22)17(13-39)14-40)24(21)15-3-7-18(8-4-15)31(33,34)35;1-17-5-9-19(10-6-17)26-23-14-25-29(40-32(38-25)30(35-3)36-4)27(20-11-7-18(2)8-12-20)22(23)13-24-28(26)39-31(37-24)21(15-33)16-34;1-25-16(26-2)18-28-13-9(20)7-6(11(22)15(13)30-18)8(19)12-14(10(7)21)29-17(27-12)5(3-23)4-24;1-21-16(22-2)18-24-13-4-10-5-14-12(3-9(10)6-15(13)26-18)23-17(25-14)11(7-19)8-20/h3-12H;5-14H,1-2H3;;3-6H. The Hall–Kier alpha value is -20.8. The van der Waals surface area contributed by atoms with Gasteiger partial charge in [0.25, 0.3) is 0 Å². The lowest BCUT2D eigenvalue weighted by molar-refractivity contribution is -0.138. The summed E-state index contributed by atoms with van der Waals surface area (Å²) < 4.78 is 166. The zero-order valence-electron chi connectivity index (χ0n) is 70.6. The number of oxazole rings is 4. The Bertz CT molecular complexity index is 9610. The van der Waals surface area contributed by atoms with Gasteiger partial charge in [0.2, 0.25) is 20.4 Å². The molecule has 0 aliphatic heterocycles. The van der Waals surface area contributed by atoms with E-state index in [1.165, 1.54) is 71.2 Å². The Morgan fingerprint density at radius 3 is 0.880 bits per heavy atom. The maximum atomic E-state index is 15.1. The number of nitriles is 8. The second kappa shape index (κ2) is 36.9. The average Bonchev–Trinajstić information content (AvgIpc) is 1.53. The first kappa shape index (κ1) is 93.0. The number of aromatic nitrogens is 8. The number of benzene rings is 12. The van der Waals surface area contributed by atoms with E-state index in [4.69, 9.17) is 91.3 Å². The topological polar surface area (TPSA) is 381 Å². The van der Waals surface area contributed by atoms with Crippen molar-refractivity contribution in [2.75, 3.05) is 0 Å². The molecule has 20 rings (SSSR count). The number of hydrogen-bond acceptors (Lipinski definition) is 24. The van der Waals surface area contributed by atoms with Gasteiger partial charge in [0.1, 0.15) is 144 Å². The molecule has 0 unspecified atom stereocenters. The SMILES string of the molecule is [C-]#[N+]C([N+]#[C-])=c1nc2c(F)c3c(F)c4sc(=C(C#N)C#N)nc4c(F)c3c(F)c2s1.[C-]#[N+]C([N+]#[C-])=c1nc2cc3c(-c4ccc(C(F)(F)F)cc4)c4oc(=C(C#N)C#N)nc4cc3c(-c3ccc(C(F)(F)F)cc3)c2o1.[C-]#[N+]C([N+]#[C-])=c1nc2cc3c(-c4ccc(C)cc4)c4oc(=C(C#N)C#N)nc4cc3c(-c3ccc(C)cc3)c2o1.[C-]#[N+]C([N+]#[C-])=c1nc2cc3cc4sc(=C(C#N)C#N)nc4cc3cc2s1. The van der Waals surface area contributed by atoms with Crippen molar-refractivity contribution >= 4 is 219 Å². The van der Waals surface area contributed by atoms with Crippen LogP contribution in [-0.4, -0.2) is 39.9 Å². The van der Waals surface area contributed by atoms with Crippen molar-refractivity contribution in [3.05, 3.63) is 323 Å². The number of alkyl halides is 6. The normalized spacial score (nSPS) is 10.8. The number of hydrogen-bond donors (Lipinski definition) is 0. The molecule has 0 amide bonds. The summed E-state index contributed by atoms with van der Waals surface area (Å²) in [6, 6.07) is 52.1. The van der Waals surface area contributed by atoms with Crippen molar-refractivity contribution in [3.8, 4) is 93.1 Å². The molecular formula is C100H30F10N24O4S4. The maximum Gasteiger partial charge on any atom is 0.582 e. The Balaban J connectivity index is 0.000000133. The summed E-state index contributed by atoms with van der Waals surface area (Å²) in [7, 11) is 0. The van der Waals surface area contributed by atoms with E-state index in [-0.39, 0.29) is 110 Å². The van der Waals surface area contributed by atoms with E-state index < -0.39 is 101 Å². The summed E-state index contributed by atoms with van der Waals surface area (Å²) in [5.41, 5.74) is 4.09. The smallest absolute Gasteiger partial charge is 0.440 e. The quantitative estimate of drug-likeness (QED) is 0.117. The number of aryl methyl sites for hydroxylation is 2. The third-order valence-corrected chi connectivity index (χ3v) is 25.6. The molecule has 0 aliphatic rings. The van der Waals surface area contributed by atoms with Gasteiger partial charge in [-0.25, -0.2) is 57.4 Å². The van der Waals surface area contributed by atoms with Crippen LogP contribution in [0.3, 0.4) is 0 Å². The predicted octanol–water partition coefficient (Wildman–Crippen LogP) is 20.7. The van der Waals surface area contributed by atoms with E-state index in [1.807, 2.05) is 123 Å². The highest BCUT2D eigenvalue weighted by molar-refractivity contribution is 7.18. The lowest BCUT2D eigenvalue weighted by Crippen LogP contribution is -2.04. The van der Waals surface area contributed by atoms with Crippen molar-refractivity contribution in [3.63, 3.8) is 0 Å². The highest BCUT2D eigenvalue weighted by atomic mass is 32.1. The molecule has 0 saturated carbocycles. The van der Waals surface area contributed by atoms with Gasteiger partial charge in [0.05, 0.1) is 51.7 Å². The molecule has 20 aromatic rings. The second-order valence-electron chi connectivity index (χ2n) is 29.6. The Kier molecular flexibility index (Phi) is 24.2. The maximum absolute atomic E-state index is 15.1. The zero-order valence-corrected chi connectivity index (χ0v) is 73.9. The van der Waals surface area contributed by atoms with Crippen LogP contribution in [0.25, 0.3) is 257 Å². The Morgan fingerprint density at radius 2 is 0.570 bits per heavy atom. The van der Waals surface area contributed by atoms with Gasteiger partial charge >= 0.3 is 46.7 Å². The molecule has 0 bridgehead atoms. The van der Waals surface area contributed by atoms with Crippen LogP contribution in [0.1, 0.15) is 22.3 Å². The highest BCUT2D eigenvalue weighted by Gasteiger charge is 2.35. The Labute approximate surface area is 800 Å². The molecule has 12 aromatic carbocycles. The summed E-state index contributed by atoms with van der Waals surface area (Å²) >= 11 is 3.51. The van der Waals surface area contributed by atoms with Crippen LogP contribution in [0.2, 0.25) is 0 Å². The van der Waals surface area contributed by atoms with E-state index in [2.05, 4.69) is 78.6 Å². The molecule has 0 saturated heterocycles. The van der Waals surface area contributed by atoms with Crippen LogP contribution < -0.4 is 40.8 Å². The molecule has 0 fully saturated rings. The molecular weight excluding hydrogens is 1920 g/mol. The van der Waals surface area contributed by atoms with Crippen LogP contribution in [0.5, 0.6) is 0 Å². The molecule has 42 heteroatoms. The second-order valence-corrected chi connectivity index (χ2v) is 33.6. The van der Waals surface area contributed by atoms with Gasteiger partial charge in [0.15, 0.2) is 67.9 Å². The van der Waals surface area contributed by atoms with Crippen molar-refractivity contribution < 1.29 is 61.6 Å². The number of halogens is 10. The minimum absolute atomic E-state index is 0.00361. The van der Waals surface area contributed by atoms with Gasteiger partial charge in [-0.1, -0.05) is 83.9 Å². The van der Waals surface area contributed by atoms with Gasteiger partial charge in [0, 0.05) is 22.3 Å². The molecule has 8 aromatic heterocycles. The van der Waals surface area contributed by atoms with Crippen molar-refractivity contribution in [2.45, 2.75) is 26.2 Å². The molecule has 668 valence electrons. The van der Waals surface area contributed by atoms with Gasteiger partial charge in [-0.05, 0) is 141 Å². The fourth-order valence-electron chi connectivity index (χ4n) is 15.0. The van der Waals surface area contributed by atoms with Gasteiger partial charge in [-0.15, -0.1) is 64.7 Å². The van der Waals surface area contributed by atoms with Gasteiger partial charge in [-0.2, -0.15) is 87.8 Å². The lowest BCUT2D eigenvalue weighted by Gasteiger charge is -2.14.